The van der Waals surface area contributed by atoms with Crippen LogP contribution in [-0.4, -0.2) is 26.4 Å². The molecule has 3 N–H and O–H groups in total. The molecule has 0 aliphatic carbocycles. The van der Waals surface area contributed by atoms with E-state index in [1.165, 1.54) is 11.3 Å². The molecule has 122 valence electrons. The third kappa shape index (κ3) is 4.07. The Morgan fingerprint density at radius 3 is 2.78 bits per heavy atom. The van der Waals surface area contributed by atoms with Crippen LogP contribution in [0.1, 0.15) is 17.6 Å². The molecule has 0 fully saturated rings. The first-order valence-corrected chi connectivity index (χ1v) is 7.88. The minimum Gasteiger partial charge on any atom is -0.375 e. The number of thiazole rings is 1. The van der Waals surface area contributed by atoms with Gasteiger partial charge in [0.15, 0.2) is 5.13 Å². The monoisotopic (exact) mass is 351 g/mol. The number of fused-ring (bicyclic) bond motifs is 1. The Morgan fingerprint density at radius 1 is 1.30 bits per heavy atom. The lowest BCUT2D eigenvalue weighted by Crippen LogP contribution is -2.25. The van der Waals surface area contributed by atoms with Crippen LogP contribution in [-0.2, 0) is 13.1 Å². The molecule has 3 rings (SSSR count). The number of nitrogens with two attached hydrogens (primary N) is 1. The van der Waals surface area contributed by atoms with Crippen molar-refractivity contribution in [3.63, 3.8) is 0 Å². The van der Waals surface area contributed by atoms with Gasteiger partial charge in [0.25, 0.3) is 5.56 Å². The van der Waals surface area contributed by atoms with Crippen LogP contribution in [0.25, 0.3) is 10.9 Å². The average Bonchev–Trinajstić information content (AvgIpc) is 2.92. The zero-order valence-corrected chi connectivity index (χ0v) is 14.3. The number of hydrogen-bond acceptors (Lipinski definition) is 6. The number of nitrogen functional groups attached to an aromatic ring is 1. The van der Waals surface area contributed by atoms with Gasteiger partial charge in [-0.1, -0.05) is 19.1 Å². The number of rotatable bonds is 5. The molecule has 0 saturated heterocycles. The summed E-state index contributed by atoms with van der Waals surface area (Å²) in [6, 6.07) is 7.36. The topological polar surface area (TPSA) is 87.9 Å². The average molecular weight is 352 g/mol. The molecule has 0 spiro atoms. The van der Waals surface area contributed by atoms with Gasteiger partial charge < -0.3 is 10.7 Å². The number of nitrogens with zero attached hydrogens (tertiary/aromatic N) is 3. The van der Waals surface area contributed by atoms with E-state index < -0.39 is 0 Å². The van der Waals surface area contributed by atoms with Crippen molar-refractivity contribution in [1.82, 2.24) is 19.9 Å². The summed E-state index contributed by atoms with van der Waals surface area (Å²) in [4.78, 5) is 26.8. The highest BCUT2D eigenvalue weighted by atomic mass is 35.5. The fraction of sp³-hybridized carbons (Fsp3) is 0.267. The minimum absolute atomic E-state index is 0. The number of hydrogen-bond donors (Lipinski definition) is 2. The second-order valence-electron chi connectivity index (χ2n) is 5.00. The molecule has 0 bridgehead atoms. The molecule has 0 aliphatic rings. The van der Waals surface area contributed by atoms with Gasteiger partial charge in [-0.2, -0.15) is 0 Å². The molecule has 2 heterocycles. The van der Waals surface area contributed by atoms with Gasteiger partial charge in [0.1, 0.15) is 5.82 Å². The van der Waals surface area contributed by atoms with Crippen LogP contribution >= 0.6 is 23.7 Å². The molecule has 23 heavy (non-hydrogen) atoms. The quantitative estimate of drug-likeness (QED) is 0.737. The van der Waals surface area contributed by atoms with Crippen molar-refractivity contribution >= 4 is 39.8 Å². The van der Waals surface area contributed by atoms with E-state index >= 15 is 0 Å². The van der Waals surface area contributed by atoms with Gasteiger partial charge in [0.05, 0.1) is 17.4 Å². The van der Waals surface area contributed by atoms with Crippen LogP contribution in [0.3, 0.4) is 0 Å². The van der Waals surface area contributed by atoms with E-state index in [0.717, 1.165) is 23.5 Å². The molecular formula is C15H18ClN5OS. The first-order valence-electron chi connectivity index (χ1n) is 7.06. The highest BCUT2D eigenvalue weighted by Gasteiger charge is 2.10. The molecule has 2 aromatic heterocycles. The number of benzene rings is 1. The van der Waals surface area contributed by atoms with Crippen LogP contribution in [0, 0.1) is 0 Å². The van der Waals surface area contributed by atoms with E-state index in [-0.39, 0.29) is 18.0 Å². The van der Waals surface area contributed by atoms with Crippen molar-refractivity contribution in [3.8, 4) is 0 Å². The zero-order valence-electron chi connectivity index (χ0n) is 12.7. The van der Waals surface area contributed by atoms with Gasteiger partial charge in [-0.15, -0.1) is 23.7 Å². The van der Waals surface area contributed by atoms with Crippen molar-refractivity contribution in [1.29, 1.82) is 0 Å². The third-order valence-electron chi connectivity index (χ3n) is 3.43. The molecule has 8 heteroatoms. The van der Waals surface area contributed by atoms with E-state index in [1.807, 2.05) is 18.2 Å². The predicted octanol–water partition coefficient (Wildman–Crippen LogP) is 2.41. The van der Waals surface area contributed by atoms with Crippen molar-refractivity contribution in [3.05, 3.63) is 51.5 Å². The summed E-state index contributed by atoms with van der Waals surface area (Å²) < 4.78 is 0. The van der Waals surface area contributed by atoms with Crippen LogP contribution in [0.2, 0.25) is 0 Å². The Morgan fingerprint density at radius 2 is 2.09 bits per heavy atom. The summed E-state index contributed by atoms with van der Waals surface area (Å²) in [7, 11) is 0. The van der Waals surface area contributed by atoms with Crippen molar-refractivity contribution < 1.29 is 0 Å². The summed E-state index contributed by atoms with van der Waals surface area (Å²) in [6.07, 6.45) is 1.79. The Kier molecular flexibility index (Phi) is 5.70. The van der Waals surface area contributed by atoms with Crippen LogP contribution in [0.5, 0.6) is 0 Å². The second kappa shape index (κ2) is 7.54. The van der Waals surface area contributed by atoms with Gasteiger partial charge in [0.2, 0.25) is 0 Å². The summed E-state index contributed by atoms with van der Waals surface area (Å²) in [5.74, 6) is 0.669. The summed E-state index contributed by atoms with van der Waals surface area (Å²) in [5, 5.41) is 1.19. The smallest absolute Gasteiger partial charge is 0.258 e. The lowest BCUT2D eigenvalue weighted by molar-refractivity contribution is 0.267. The highest BCUT2D eigenvalue weighted by Crippen LogP contribution is 2.17. The van der Waals surface area contributed by atoms with E-state index in [9.17, 15) is 4.79 Å². The van der Waals surface area contributed by atoms with Gasteiger partial charge in [-0.25, -0.2) is 9.97 Å². The Balaban J connectivity index is 0.00000192. The number of aromatic nitrogens is 3. The van der Waals surface area contributed by atoms with E-state index in [2.05, 4.69) is 26.8 Å². The van der Waals surface area contributed by atoms with Gasteiger partial charge in [-0.05, 0) is 18.7 Å². The van der Waals surface area contributed by atoms with Gasteiger partial charge in [0, 0.05) is 17.6 Å². The zero-order chi connectivity index (χ0) is 15.5. The van der Waals surface area contributed by atoms with Gasteiger partial charge >= 0.3 is 0 Å². The maximum Gasteiger partial charge on any atom is 0.258 e. The standard InChI is InChI=1S/C15H17N5OS.ClH/c1-2-20(8-10-7-17-15(16)22-10)9-13-18-12-6-4-3-5-11(12)14(21)19-13;/h3-7H,2,8-9H2,1H3,(H2,16,17)(H,18,19,21);1H. The third-order valence-corrected chi connectivity index (χ3v) is 4.24. The van der Waals surface area contributed by atoms with E-state index in [4.69, 9.17) is 5.73 Å². The number of nitrogens with one attached hydrogen (secondary N) is 1. The van der Waals surface area contributed by atoms with E-state index in [1.54, 1.807) is 12.3 Å². The first kappa shape index (κ1) is 17.4. The van der Waals surface area contributed by atoms with Crippen molar-refractivity contribution in [2.24, 2.45) is 0 Å². The summed E-state index contributed by atoms with van der Waals surface area (Å²) in [5.41, 5.74) is 6.28. The Hall–Kier alpha value is -1.96. The number of halogens is 1. The highest BCUT2D eigenvalue weighted by molar-refractivity contribution is 7.15. The minimum atomic E-state index is -0.0984. The molecule has 6 nitrogen and oxygen atoms in total. The van der Waals surface area contributed by atoms with Gasteiger partial charge in [-0.3, -0.25) is 9.69 Å². The fourth-order valence-electron chi connectivity index (χ4n) is 2.32. The maximum absolute atomic E-state index is 12.1. The molecule has 1 aromatic carbocycles. The number of anilines is 1. The van der Waals surface area contributed by atoms with E-state index in [0.29, 0.717) is 22.9 Å². The fourth-order valence-corrected chi connectivity index (χ4v) is 3.04. The molecule has 0 unspecified atom stereocenters. The molecule has 0 radical (unpaired) electrons. The van der Waals surface area contributed by atoms with Crippen LogP contribution in [0.15, 0.2) is 35.3 Å². The SMILES string of the molecule is CCN(Cc1nc2ccccc2c(=O)[nH]1)Cc1cnc(N)s1.Cl. The molecule has 0 saturated carbocycles. The lowest BCUT2D eigenvalue weighted by Gasteiger charge is -2.18. The van der Waals surface area contributed by atoms with Crippen molar-refractivity contribution in [2.45, 2.75) is 20.0 Å². The number of aromatic amines is 1. The van der Waals surface area contributed by atoms with Crippen molar-refractivity contribution in [2.75, 3.05) is 12.3 Å². The summed E-state index contributed by atoms with van der Waals surface area (Å²) >= 11 is 1.48. The van der Waals surface area contributed by atoms with Crippen LogP contribution < -0.4 is 11.3 Å². The predicted molar refractivity (Wildman–Crippen MR) is 95.9 cm³/mol. The largest absolute Gasteiger partial charge is 0.375 e. The second-order valence-corrected chi connectivity index (χ2v) is 6.14. The normalized spacial score (nSPS) is 10.9. The Labute approximate surface area is 143 Å². The molecular weight excluding hydrogens is 334 g/mol. The molecule has 0 atom stereocenters. The lowest BCUT2D eigenvalue weighted by atomic mass is 10.2. The maximum atomic E-state index is 12.1. The summed E-state index contributed by atoms with van der Waals surface area (Å²) in [6.45, 7) is 4.23. The Bertz CT molecular complexity index is 847. The van der Waals surface area contributed by atoms with Crippen LogP contribution in [0.4, 0.5) is 5.13 Å². The molecule has 0 amide bonds. The molecule has 0 aliphatic heterocycles. The number of para-hydroxylation sites is 1. The number of H-pyrrole nitrogens is 1. The molecule has 3 aromatic rings. The first-order chi connectivity index (χ1) is 10.7.